The molecule has 3 heteroatoms. The second-order valence-electron chi connectivity index (χ2n) is 5.37. The summed E-state index contributed by atoms with van der Waals surface area (Å²) < 4.78 is 5.70. The maximum Gasteiger partial charge on any atom is 0.163 e. The number of ether oxygens (including phenoxy) is 1. The summed E-state index contributed by atoms with van der Waals surface area (Å²) in [5.41, 5.74) is 2.90. The summed E-state index contributed by atoms with van der Waals surface area (Å²) in [4.78, 5) is 12.3. The van der Waals surface area contributed by atoms with E-state index in [1.165, 1.54) is 0 Å². The average molecular weight is 294 g/mol. The predicted molar refractivity (Wildman–Crippen MR) is 88.2 cm³/mol. The van der Waals surface area contributed by atoms with Gasteiger partial charge in [-0.05, 0) is 48.8 Å². The standard InChI is InChI=1S/C17H26O2S/c1-6-8-19-17-11-13(4)15(10-14(17)5)16(18)7-9-20-12(2)3/h10-12H,6-9H2,1-5H3. The highest BCUT2D eigenvalue weighted by atomic mass is 32.2. The van der Waals surface area contributed by atoms with Gasteiger partial charge < -0.3 is 4.74 Å². The molecule has 0 heterocycles. The lowest BCUT2D eigenvalue weighted by atomic mass is 10.00. The van der Waals surface area contributed by atoms with Crippen molar-refractivity contribution in [3.8, 4) is 5.75 Å². The average Bonchev–Trinajstić information content (AvgIpc) is 2.38. The van der Waals surface area contributed by atoms with Gasteiger partial charge in [-0.1, -0.05) is 20.8 Å². The highest BCUT2D eigenvalue weighted by Gasteiger charge is 2.12. The van der Waals surface area contributed by atoms with Crippen LogP contribution >= 0.6 is 11.8 Å². The molecule has 0 aliphatic carbocycles. The first kappa shape index (κ1) is 17.1. The van der Waals surface area contributed by atoms with Crippen LogP contribution in [0.5, 0.6) is 5.75 Å². The van der Waals surface area contributed by atoms with Crippen LogP contribution in [0.15, 0.2) is 12.1 Å². The van der Waals surface area contributed by atoms with E-state index in [1.54, 1.807) is 0 Å². The second-order valence-corrected chi connectivity index (χ2v) is 7.06. The Morgan fingerprint density at radius 3 is 2.55 bits per heavy atom. The normalized spacial score (nSPS) is 10.9. The first-order valence-corrected chi connectivity index (χ1v) is 8.39. The Kier molecular flexibility index (Phi) is 7.14. The molecule has 20 heavy (non-hydrogen) atoms. The Balaban J connectivity index is 2.75. The molecule has 0 atom stereocenters. The monoisotopic (exact) mass is 294 g/mol. The van der Waals surface area contributed by atoms with Gasteiger partial charge in [-0.15, -0.1) is 0 Å². The third-order valence-electron chi connectivity index (χ3n) is 3.06. The van der Waals surface area contributed by atoms with Crippen LogP contribution < -0.4 is 4.74 Å². The van der Waals surface area contributed by atoms with E-state index >= 15 is 0 Å². The number of carbonyl (C=O) groups is 1. The van der Waals surface area contributed by atoms with Crippen molar-refractivity contribution in [3.63, 3.8) is 0 Å². The molecule has 112 valence electrons. The minimum atomic E-state index is 0.237. The van der Waals surface area contributed by atoms with E-state index in [9.17, 15) is 4.79 Å². The summed E-state index contributed by atoms with van der Waals surface area (Å²) in [5.74, 6) is 2.03. The van der Waals surface area contributed by atoms with Crippen LogP contribution in [-0.4, -0.2) is 23.4 Å². The first-order valence-electron chi connectivity index (χ1n) is 7.34. The lowest BCUT2D eigenvalue weighted by Crippen LogP contribution is -2.06. The molecule has 1 aromatic carbocycles. The molecular weight excluding hydrogens is 268 g/mol. The Hall–Kier alpha value is -0.960. The van der Waals surface area contributed by atoms with Gasteiger partial charge in [0.05, 0.1) is 6.61 Å². The second kappa shape index (κ2) is 8.35. The zero-order valence-electron chi connectivity index (χ0n) is 13.3. The van der Waals surface area contributed by atoms with Crippen LogP contribution in [0.1, 0.15) is 55.1 Å². The van der Waals surface area contributed by atoms with Crippen molar-refractivity contribution < 1.29 is 9.53 Å². The Labute approximate surface area is 127 Å². The molecule has 2 nitrogen and oxygen atoms in total. The fourth-order valence-electron chi connectivity index (χ4n) is 1.98. The Morgan fingerprint density at radius 2 is 1.95 bits per heavy atom. The van der Waals surface area contributed by atoms with Crippen molar-refractivity contribution >= 4 is 17.5 Å². The van der Waals surface area contributed by atoms with Gasteiger partial charge in [0.15, 0.2) is 5.78 Å². The van der Waals surface area contributed by atoms with E-state index in [2.05, 4.69) is 20.8 Å². The number of thioether (sulfide) groups is 1. The molecule has 1 rings (SSSR count). The van der Waals surface area contributed by atoms with E-state index in [-0.39, 0.29) is 5.78 Å². The molecular formula is C17H26O2S. The molecule has 0 fully saturated rings. The molecule has 0 aliphatic rings. The molecule has 0 N–H and O–H groups in total. The quantitative estimate of drug-likeness (QED) is 0.644. The molecule has 0 aliphatic heterocycles. The van der Waals surface area contributed by atoms with E-state index in [1.807, 2.05) is 37.7 Å². The van der Waals surface area contributed by atoms with Crippen LogP contribution in [0.4, 0.5) is 0 Å². The zero-order chi connectivity index (χ0) is 15.1. The fraction of sp³-hybridized carbons (Fsp3) is 0.588. The minimum Gasteiger partial charge on any atom is -0.493 e. The van der Waals surface area contributed by atoms with Gasteiger partial charge in [0, 0.05) is 17.7 Å². The van der Waals surface area contributed by atoms with Crippen molar-refractivity contribution in [3.05, 3.63) is 28.8 Å². The van der Waals surface area contributed by atoms with Crippen molar-refractivity contribution in [2.45, 2.75) is 52.7 Å². The van der Waals surface area contributed by atoms with Gasteiger partial charge >= 0.3 is 0 Å². The number of aryl methyl sites for hydroxylation is 2. The van der Waals surface area contributed by atoms with Gasteiger partial charge in [0.1, 0.15) is 5.75 Å². The molecule has 0 aromatic heterocycles. The van der Waals surface area contributed by atoms with Crippen molar-refractivity contribution in [1.29, 1.82) is 0 Å². The van der Waals surface area contributed by atoms with E-state index in [4.69, 9.17) is 4.74 Å². The number of rotatable bonds is 8. The lowest BCUT2D eigenvalue weighted by Gasteiger charge is -2.12. The summed E-state index contributed by atoms with van der Waals surface area (Å²) in [6, 6.07) is 3.97. The topological polar surface area (TPSA) is 26.3 Å². The van der Waals surface area contributed by atoms with Gasteiger partial charge in [-0.3, -0.25) is 4.79 Å². The SMILES string of the molecule is CCCOc1cc(C)c(C(=O)CCSC(C)C)cc1C. The first-order chi connectivity index (χ1) is 9.45. The third kappa shape index (κ3) is 5.20. The molecule has 0 spiro atoms. The maximum absolute atomic E-state index is 12.3. The van der Waals surface area contributed by atoms with Crippen LogP contribution in [-0.2, 0) is 0 Å². The number of hydrogen-bond donors (Lipinski definition) is 0. The number of carbonyl (C=O) groups excluding carboxylic acids is 1. The van der Waals surface area contributed by atoms with Crippen molar-refractivity contribution in [2.24, 2.45) is 0 Å². The molecule has 0 amide bonds. The zero-order valence-corrected chi connectivity index (χ0v) is 14.1. The molecule has 0 unspecified atom stereocenters. The van der Waals surface area contributed by atoms with Gasteiger partial charge in [-0.25, -0.2) is 0 Å². The summed E-state index contributed by atoms with van der Waals surface area (Å²) >= 11 is 1.83. The van der Waals surface area contributed by atoms with E-state index < -0.39 is 0 Å². The molecule has 0 radical (unpaired) electrons. The molecule has 0 saturated heterocycles. The Morgan fingerprint density at radius 1 is 1.25 bits per heavy atom. The lowest BCUT2D eigenvalue weighted by molar-refractivity contribution is 0.0989. The highest BCUT2D eigenvalue weighted by molar-refractivity contribution is 7.99. The van der Waals surface area contributed by atoms with Gasteiger partial charge in [0.25, 0.3) is 0 Å². The van der Waals surface area contributed by atoms with Crippen molar-refractivity contribution in [1.82, 2.24) is 0 Å². The minimum absolute atomic E-state index is 0.237. The summed E-state index contributed by atoms with van der Waals surface area (Å²) in [6.45, 7) is 11.1. The summed E-state index contributed by atoms with van der Waals surface area (Å²) in [7, 11) is 0. The molecule has 0 bridgehead atoms. The smallest absolute Gasteiger partial charge is 0.163 e. The number of ketones is 1. The number of Topliss-reactive ketones (excluding diaryl/α,β-unsaturated/α-hetero) is 1. The Bertz CT molecular complexity index is 453. The molecule has 0 saturated carbocycles. The summed E-state index contributed by atoms with van der Waals surface area (Å²) in [5, 5.41) is 0.579. The predicted octanol–water partition coefficient (Wildman–Crippen LogP) is 4.81. The van der Waals surface area contributed by atoms with Crippen LogP contribution in [0.2, 0.25) is 0 Å². The number of hydrogen-bond acceptors (Lipinski definition) is 3. The molecule has 1 aromatic rings. The largest absolute Gasteiger partial charge is 0.493 e. The van der Waals surface area contributed by atoms with Crippen LogP contribution in [0.3, 0.4) is 0 Å². The number of benzene rings is 1. The van der Waals surface area contributed by atoms with Crippen LogP contribution in [0.25, 0.3) is 0 Å². The van der Waals surface area contributed by atoms with Crippen molar-refractivity contribution in [2.75, 3.05) is 12.4 Å². The van der Waals surface area contributed by atoms with Gasteiger partial charge in [-0.2, -0.15) is 11.8 Å². The fourth-order valence-corrected chi connectivity index (χ4v) is 2.75. The highest BCUT2D eigenvalue weighted by Crippen LogP contribution is 2.24. The van der Waals surface area contributed by atoms with E-state index in [0.29, 0.717) is 11.7 Å². The summed E-state index contributed by atoms with van der Waals surface area (Å²) in [6.07, 6.45) is 1.60. The third-order valence-corrected chi connectivity index (χ3v) is 4.17. The van der Waals surface area contributed by atoms with Crippen LogP contribution in [0, 0.1) is 13.8 Å². The van der Waals surface area contributed by atoms with Gasteiger partial charge in [0.2, 0.25) is 0 Å². The maximum atomic E-state index is 12.3. The van der Waals surface area contributed by atoms with E-state index in [0.717, 1.165) is 41.2 Å².